The summed E-state index contributed by atoms with van der Waals surface area (Å²) in [5.41, 5.74) is 3.26. The van der Waals surface area contributed by atoms with Crippen LogP contribution in [0.5, 0.6) is 0 Å². The van der Waals surface area contributed by atoms with Crippen molar-refractivity contribution in [1.82, 2.24) is 15.3 Å². The van der Waals surface area contributed by atoms with Gasteiger partial charge in [0.2, 0.25) is 5.91 Å². The Labute approximate surface area is 272 Å². The van der Waals surface area contributed by atoms with E-state index in [1.165, 1.54) is 6.42 Å². The monoisotopic (exact) mass is 634 g/mol. The van der Waals surface area contributed by atoms with Gasteiger partial charge in [-0.2, -0.15) is 5.06 Å². The van der Waals surface area contributed by atoms with Crippen LogP contribution >= 0.6 is 0 Å². The van der Waals surface area contributed by atoms with E-state index in [1.54, 1.807) is 16.9 Å². The Morgan fingerprint density at radius 2 is 1.76 bits per heavy atom. The molecular formula is C36H50N4O6. The van der Waals surface area contributed by atoms with Gasteiger partial charge in [0, 0.05) is 43.8 Å². The molecule has 1 unspecified atom stereocenters. The summed E-state index contributed by atoms with van der Waals surface area (Å²) >= 11 is 0. The maximum absolute atomic E-state index is 14.0. The summed E-state index contributed by atoms with van der Waals surface area (Å²) in [6.07, 6.45) is 0.376. The maximum Gasteiger partial charge on any atom is 0.410 e. The van der Waals surface area contributed by atoms with Crippen molar-refractivity contribution in [2.24, 2.45) is 29.1 Å². The lowest BCUT2D eigenvalue weighted by atomic mass is 9.45. The van der Waals surface area contributed by atoms with Gasteiger partial charge in [0.25, 0.3) is 0 Å². The summed E-state index contributed by atoms with van der Waals surface area (Å²) in [6.45, 7) is 11.4. The number of piperazine rings is 1. The smallest absolute Gasteiger partial charge is 0.410 e. The number of hydrogen-bond donors (Lipinski definition) is 3. The minimum absolute atomic E-state index is 0.0894. The van der Waals surface area contributed by atoms with Crippen molar-refractivity contribution < 1.29 is 29.4 Å². The fourth-order valence-corrected chi connectivity index (χ4v) is 8.47. The van der Waals surface area contributed by atoms with Crippen LogP contribution in [0.25, 0.3) is 0 Å². The van der Waals surface area contributed by atoms with Crippen LogP contribution in [-0.2, 0) is 27.5 Å². The molecule has 2 amide bonds. The topological polar surface area (TPSA) is 115 Å². The van der Waals surface area contributed by atoms with Gasteiger partial charge < -0.3 is 30.1 Å². The molecule has 0 aromatic heterocycles. The van der Waals surface area contributed by atoms with Crippen molar-refractivity contribution in [2.45, 2.75) is 78.0 Å². The third-order valence-electron chi connectivity index (χ3n) is 11.4. The molecule has 250 valence electrons. The Morgan fingerprint density at radius 1 is 1.04 bits per heavy atom. The standard InChI is InChI=1S/C36H50N4O6/c1-23-29-18-27(36(29,3)4)19-30(23)37-34(43)33-32(24(2)42)31(21-41)46-40(33)20-26-11-8-12-28(17-26)38-13-15-39(16-14-38)35(44)45-22-25-9-6-5-7-10-25/h5-12,17,23-24,27,29-33,41-42H,13-16,18-22H2,1-4H3,(H,37,43)/t23-,24-,27+,29-,30?,31-,32+,33-/m0/s1. The highest BCUT2D eigenvalue weighted by atomic mass is 16.7. The van der Waals surface area contributed by atoms with Crippen molar-refractivity contribution in [3.8, 4) is 0 Å². The number of amides is 2. The van der Waals surface area contributed by atoms with E-state index in [9.17, 15) is 19.8 Å². The molecule has 5 fully saturated rings. The first-order chi connectivity index (χ1) is 22.1. The van der Waals surface area contributed by atoms with Crippen LogP contribution in [0, 0.1) is 29.1 Å². The van der Waals surface area contributed by atoms with Gasteiger partial charge >= 0.3 is 6.09 Å². The van der Waals surface area contributed by atoms with Crippen LogP contribution in [-0.4, -0.2) is 89.3 Å². The lowest BCUT2D eigenvalue weighted by molar-refractivity contribution is -0.183. The summed E-state index contributed by atoms with van der Waals surface area (Å²) in [7, 11) is 0. The largest absolute Gasteiger partial charge is 0.445 e. The number of carbonyl (C=O) groups is 2. The molecule has 2 aliphatic heterocycles. The number of rotatable bonds is 9. The van der Waals surface area contributed by atoms with Crippen LogP contribution in [0.3, 0.4) is 0 Å². The van der Waals surface area contributed by atoms with E-state index in [0.29, 0.717) is 55.9 Å². The normalized spacial score (nSPS) is 31.2. The number of nitrogens with zero attached hydrogens (tertiary/aromatic N) is 3. The minimum atomic E-state index is -0.837. The first-order valence-corrected chi connectivity index (χ1v) is 16.9. The number of hydrogen-bond acceptors (Lipinski definition) is 8. The minimum Gasteiger partial charge on any atom is -0.445 e. The average molecular weight is 635 g/mol. The molecule has 5 aliphatic rings. The first kappa shape index (κ1) is 32.7. The van der Waals surface area contributed by atoms with Crippen LogP contribution in [0.2, 0.25) is 0 Å². The van der Waals surface area contributed by atoms with Crippen molar-refractivity contribution in [1.29, 1.82) is 0 Å². The zero-order valence-corrected chi connectivity index (χ0v) is 27.5. The quantitative estimate of drug-likeness (QED) is 0.382. The van der Waals surface area contributed by atoms with E-state index in [0.717, 1.165) is 23.2 Å². The predicted octanol–water partition coefficient (Wildman–Crippen LogP) is 3.81. The fraction of sp³-hybridized carbons (Fsp3) is 0.611. The average Bonchev–Trinajstić information content (AvgIpc) is 3.43. The van der Waals surface area contributed by atoms with Crippen molar-refractivity contribution in [2.75, 3.05) is 37.7 Å². The Morgan fingerprint density at radius 3 is 2.41 bits per heavy atom. The molecule has 7 rings (SSSR count). The summed E-state index contributed by atoms with van der Waals surface area (Å²) in [6, 6.07) is 17.2. The number of hydroxylamine groups is 2. The Balaban J connectivity index is 1.09. The molecule has 10 heteroatoms. The molecule has 46 heavy (non-hydrogen) atoms. The van der Waals surface area contributed by atoms with Gasteiger partial charge in [0.15, 0.2) is 0 Å². The zero-order chi connectivity index (χ0) is 32.6. The number of anilines is 1. The van der Waals surface area contributed by atoms with Gasteiger partial charge in [0.1, 0.15) is 18.8 Å². The Bertz CT molecular complexity index is 1360. The van der Waals surface area contributed by atoms with E-state index < -0.39 is 24.2 Å². The molecule has 3 aliphatic carbocycles. The van der Waals surface area contributed by atoms with Crippen molar-refractivity contribution >= 4 is 17.7 Å². The van der Waals surface area contributed by atoms with E-state index in [4.69, 9.17) is 9.57 Å². The molecule has 3 saturated carbocycles. The summed E-state index contributed by atoms with van der Waals surface area (Å²) in [5.74, 6) is 0.866. The Kier molecular flexibility index (Phi) is 9.62. The molecule has 2 aromatic carbocycles. The second kappa shape index (κ2) is 13.5. The number of fused-ring (bicyclic) bond motifs is 2. The van der Waals surface area contributed by atoms with Gasteiger partial charge in [0.05, 0.1) is 19.3 Å². The summed E-state index contributed by atoms with van der Waals surface area (Å²) < 4.78 is 5.53. The fourth-order valence-electron chi connectivity index (χ4n) is 8.47. The first-order valence-electron chi connectivity index (χ1n) is 16.9. The highest BCUT2D eigenvalue weighted by Crippen LogP contribution is 2.61. The number of ether oxygens (including phenoxy) is 1. The van der Waals surface area contributed by atoms with Crippen molar-refractivity contribution in [3.05, 3.63) is 65.7 Å². The van der Waals surface area contributed by atoms with Crippen LogP contribution in [0.1, 0.15) is 51.7 Å². The van der Waals surface area contributed by atoms with Gasteiger partial charge in [-0.3, -0.25) is 9.63 Å². The van der Waals surface area contributed by atoms with Gasteiger partial charge in [-0.05, 0) is 66.2 Å². The molecule has 2 saturated heterocycles. The zero-order valence-electron chi connectivity index (χ0n) is 27.5. The number of carbonyl (C=O) groups excluding carboxylic acids is 2. The molecule has 2 bridgehead atoms. The summed E-state index contributed by atoms with van der Waals surface area (Å²) in [5, 5.41) is 25.9. The highest BCUT2D eigenvalue weighted by Gasteiger charge is 2.57. The number of nitrogens with one attached hydrogen (secondary N) is 1. The molecule has 2 heterocycles. The second-order valence-electron chi connectivity index (χ2n) is 14.4. The molecule has 3 N–H and O–H groups in total. The molecule has 8 atom stereocenters. The number of benzene rings is 2. The third-order valence-corrected chi connectivity index (χ3v) is 11.4. The maximum atomic E-state index is 14.0. The molecule has 10 nitrogen and oxygen atoms in total. The molecular weight excluding hydrogens is 584 g/mol. The second-order valence-corrected chi connectivity index (χ2v) is 14.4. The van der Waals surface area contributed by atoms with Crippen LogP contribution < -0.4 is 10.2 Å². The van der Waals surface area contributed by atoms with Crippen LogP contribution in [0.15, 0.2) is 54.6 Å². The Hall–Kier alpha value is -3.18. The van der Waals surface area contributed by atoms with E-state index in [-0.39, 0.29) is 31.3 Å². The SMILES string of the molecule is C[C@H](O)[C@@H]1[C@H](CO)ON(Cc2cccc(N3CCN(C(=O)OCc4ccccc4)CC3)c2)[C@@H]1C(=O)NC1C[C@H]2C[C@@H]([C@@H]1C)C2(C)C. The van der Waals surface area contributed by atoms with Crippen LogP contribution in [0.4, 0.5) is 10.5 Å². The van der Waals surface area contributed by atoms with Crippen molar-refractivity contribution in [3.63, 3.8) is 0 Å². The van der Waals surface area contributed by atoms with E-state index in [1.807, 2.05) is 48.5 Å². The number of aliphatic hydroxyl groups is 2. The summed E-state index contributed by atoms with van der Waals surface area (Å²) in [4.78, 5) is 36.8. The van der Waals surface area contributed by atoms with E-state index >= 15 is 0 Å². The van der Waals surface area contributed by atoms with E-state index in [2.05, 4.69) is 37.1 Å². The number of aliphatic hydroxyl groups excluding tert-OH is 2. The van der Waals surface area contributed by atoms with Gasteiger partial charge in [-0.25, -0.2) is 4.79 Å². The lowest BCUT2D eigenvalue weighted by Gasteiger charge is -2.62. The lowest BCUT2D eigenvalue weighted by Crippen LogP contribution is -2.62. The van der Waals surface area contributed by atoms with Gasteiger partial charge in [-0.1, -0.05) is 63.2 Å². The molecule has 0 spiro atoms. The van der Waals surface area contributed by atoms with Gasteiger partial charge in [-0.15, -0.1) is 0 Å². The highest BCUT2D eigenvalue weighted by molar-refractivity contribution is 5.83. The molecule has 2 aromatic rings. The predicted molar refractivity (Wildman–Crippen MR) is 174 cm³/mol. The third kappa shape index (κ3) is 6.50. The molecule has 0 radical (unpaired) electrons.